The maximum Gasteiger partial charge on any atom is 0.231 e. The van der Waals surface area contributed by atoms with Gasteiger partial charge in [-0.05, 0) is 25.7 Å². The molecule has 2 N–H and O–H groups in total. The van der Waals surface area contributed by atoms with Crippen LogP contribution in [0.4, 0.5) is 11.9 Å². The average Bonchev–Trinajstić information content (AvgIpc) is 2.53. The van der Waals surface area contributed by atoms with E-state index < -0.39 is 0 Å². The quantitative estimate of drug-likeness (QED) is 0.747. The third kappa shape index (κ3) is 5.00. The zero-order valence-corrected chi connectivity index (χ0v) is 13.7. The normalized spacial score (nSPS) is 16.8. The lowest BCUT2D eigenvalue weighted by Gasteiger charge is -2.27. The van der Waals surface area contributed by atoms with Gasteiger partial charge in [-0.25, -0.2) is 0 Å². The van der Waals surface area contributed by atoms with Crippen molar-refractivity contribution in [3.05, 3.63) is 0 Å². The standard InChI is InChI=1S/C14H25N5OS/c1-3-7-15-12-16-13(19-8-5-4-6-9-19)18-14(17-12)21-11(2)10-20/h11,20H,3-10H2,1-2H3,(H,15,16,17,18). The molecule has 0 radical (unpaired) electrons. The van der Waals surface area contributed by atoms with Crippen molar-refractivity contribution in [1.82, 2.24) is 15.0 Å². The van der Waals surface area contributed by atoms with Crippen molar-refractivity contribution < 1.29 is 5.11 Å². The molecule has 6 nitrogen and oxygen atoms in total. The van der Waals surface area contributed by atoms with Crippen molar-refractivity contribution in [3.63, 3.8) is 0 Å². The van der Waals surface area contributed by atoms with Gasteiger partial charge in [-0.2, -0.15) is 15.0 Å². The maximum atomic E-state index is 9.21. The molecule has 0 spiro atoms. The summed E-state index contributed by atoms with van der Waals surface area (Å²) >= 11 is 1.49. The summed E-state index contributed by atoms with van der Waals surface area (Å²) in [4.78, 5) is 15.8. The van der Waals surface area contributed by atoms with Gasteiger partial charge in [0.2, 0.25) is 11.9 Å². The molecule has 1 atom stereocenters. The number of hydrogen-bond acceptors (Lipinski definition) is 7. The highest BCUT2D eigenvalue weighted by atomic mass is 32.2. The predicted octanol–water partition coefficient (Wildman–Crippen LogP) is 2.16. The molecule has 1 aliphatic rings. The summed E-state index contributed by atoms with van der Waals surface area (Å²) in [7, 11) is 0. The van der Waals surface area contributed by atoms with Crippen LogP contribution < -0.4 is 10.2 Å². The molecule has 1 unspecified atom stereocenters. The number of thioether (sulfide) groups is 1. The minimum absolute atomic E-state index is 0.0839. The molecule has 1 saturated heterocycles. The number of rotatable bonds is 7. The van der Waals surface area contributed by atoms with Crippen molar-refractivity contribution in [3.8, 4) is 0 Å². The lowest BCUT2D eigenvalue weighted by molar-refractivity contribution is 0.300. The van der Waals surface area contributed by atoms with Gasteiger partial charge in [-0.3, -0.25) is 0 Å². The summed E-state index contributed by atoms with van der Waals surface area (Å²) in [5.74, 6) is 1.40. The van der Waals surface area contributed by atoms with Gasteiger partial charge in [0.15, 0.2) is 5.16 Å². The minimum Gasteiger partial charge on any atom is -0.395 e. The fourth-order valence-electron chi connectivity index (χ4n) is 2.17. The Bertz CT molecular complexity index is 439. The van der Waals surface area contributed by atoms with E-state index in [9.17, 15) is 5.11 Å². The van der Waals surface area contributed by atoms with Crippen molar-refractivity contribution in [2.45, 2.75) is 49.9 Å². The van der Waals surface area contributed by atoms with E-state index in [2.05, 4.69) is 32.1 Å². The molecule has 21 heavy (non-hydrogen) atoms. The zero-order chi connectivity index (χ0) is 15.1. The minimum atomic E-state index is 0.0839. The first-order valence-corrected chi connectivity index (χ1v) is 8.63. The van der Waals surface area contributed by atoms with E-state index in [4.69, 9.17) is 0 Å². The molecule has 0 saturated carbocycles. The molecule has 2 rings (SSSR count). The van der Waals surface area contributed by atoms with Crippen LogP contribution >= 0.6 is 11.8 Å². The third-order valence-electron chi connectivity index (χ3n) is 3.34. The number of nitrogens with zero attached hydrogens (tertiary/aromatic N) is 4. The van der Waals surface area contributed by atoms with Gasteiger partial charge in [-0.1, -0.05) is 25.6 Å². The fourth-order valence-corrected chi connectivity index (χ4v) is 2.87. The summed E-state index contributed by atoms with van der Waals surface area (Å²) in [5, 5.41) is 13.2. The van der Waals surface area contributed by atoms with Gasteiger partial charge in [0, 0.05) is 24.9 Å². The lowest BCUT2D eigenvalue weighted by Crippen LogP contribution is -2.31. The molecular weight excluding hydrogens is 286 g/mol. The van der Waals surface area contributed by atoms with Crippen LogP contribution in [0.25, 0.3) is 0 Å². The second-order valence-corrected chi connectivity index (χ2v) is 6.73. The first kappa shape index (κ1) is 16.3. The van der Waals surface area contributed by atoms with Gasteiger partial charge >= 0.3 is 0 Å². The van der Waals surface area contributed by atoms with Gasteiger partial charge in [0.05, 0.1) is 6.61 Å². The summed E-state index contributed by atoms with van der Waals surface area (Å²) < 4.78 is 0. The van der Waals surface area contributed by atoms with Crippen LogP contribution in [0.5, 0.6) is 0 Å². The summed E-state index contributed by atoms with van der Waals surface area (Å²) in [6.45, 7) is 7.07. The number of nitrogens with one attached hydrogen (secondary N) is 1. The molecule has 118 valence electrons. The Hall–Kier alpha value is -1.08. The molecule has 1 aromatic heterocycles. The van der Waals surface area contributed by atoms with Crippen molar-refractivity contribution >= 4 is 23.7 Å². The van der Waals surface area contributed by atoms with Crippen LogP contribution in [-0.4, -0.2) is 51.5 Å². The van der Waals surface area contributed by atoms with E-state index >= 15 is 0 Å². The molecule has 0 amide bonds. The van der Waals surface area contributed by atoms with Crippen molar-refractivity contribution in [2.75, 3.05) is 36.5 Å². The van der Waals surface area contributed by atoms with Crippen LogP contribution in [-0.2, 0) is 0 Å². The molecule has 1 fully saturated rings. The molecule has 0 aromatic carbocycles. The number of piperidine rings is 1. The largest absolute Gasteiger partial charge is 0.395 e. The number of hydrogen-bond donors (Lipinski definition) is 2. The van der Waals surface area contributed by atoms with E-state index in [-0.39, 0.29) is 11.9 Å². The van der Waals surface area contributed by atoms with Gasteiger partial charge < -0.3 is 15.3 Å². The Morgan fingerprint density at radius 2 is 2.00 bits per heavy atom. The van der Waals surface area contributed by atoms with Crippen LogP contribution in [0, 0.1) is 0 Å². The summed E-state index contributed by atoms with van der Waals surface area (Å²) in [6, 6.07) is 0. The van der Waals surface area contributed by atoms with Gasteiger partial charge in [0.1, 0.15) is 0 Å². The molecule has 0 aliphatic carbocycles. The Labute approximate surface area is 130 Å². The van der Waals surface area contributed by atoms with E-state index in [1.807, 2.05) is 6.92 Å². The van der Waals surface area contributed by atoms with E-state index in [1.165, 1.54) is 31.0 Å². The van der Waals surface area contributed by atoms with E-state index in [1.54, 1.807) is 0 Å². The highest BCUT2D eigenvalue weighted by molar-refractivity contribution is 7.99. The van der Waals surface area contributed by atoms with Crippen LogP contribution in [0.1, 0.15) is 39.5 Å². The topological polar surface area (TPSA) is 74.2 Å². The highest BCUT2D eigenvalue weighted by Gasteiger charge is 2.17. The number of aliphatic hydroxyl groups is 1. The Balaban J connectivity index is 2.18. The fraction of sp³-hybridized carbons (Fsp3) is 0.786. The predicted molar refractivity (Wildman–Crippen MR) is 87.1 cm³/mol. The number of aliphatic hydroxyl groups excluding tert-OH is 1. The van der Waals surface area contributed by atoms with Crippen molar-refractivity contribution in [2.24, 2.45) is 0 Å². The number of anilines is 2. The second-order valence-electron chi connectivity index (χ2n) is 5.33. The smallest absolute Gasteiger partial charge is 0.231 e. The zero-order valence-electron chi connectivity index (χ0n) is 12.9. The molecule has 0 bridgehead atoms. The number of aromatic nitrogens is 3. The van der Waals surface area contributed by atoms with Gasteiger partial charge in [-0.15, -0.1) is 0 Å². The Morgan fingerprint density at radius 1 is 1.24 bits per heavy atom. The monoisotopic (exact) mass is 311 g/mol. The van der Waals surface area contributed by atoms with Crippen LogP contribution in [0.15, 0.2) is 5.16 Å². The highest BCUT2D eigenvalue weighted by Crippen LogP contribution is 2.24. The van der Waals surface area contributed by atoms with E-state index in [0.717, 1.165) is 32.0 Å². The molecule has 1 aliphatic heterocycles. The summed E-state index contributed by atoms with van der Waals surface area (Å²) in [5.41, 5.74) is 0. The van der Waals surface area contributed by atoms with E-state index in [0.29, 0.717) is 11.1 Å². The van der Waals surface area contributed by atoms with Crippen LogP contribution in [0.2, 0.25) is 0 Å². The van der Waals surface area contributed by atoms with Crippen molar-refractivity contribution in [1.29, 1.82) is 0 Å². The maximum absolute atomic E-state index is 9.21. The third-order valence-corrected chi connectivity index (χ3v) is 4.28. The molecule has 7 heteroatoms. The second kappa shape index (κ2) is 8.38. The summed E-state index contributed by atoms with van der Waals surface area (Å²) in [6.07, 6.45) is 4.70. The Kier molecular flexibility index (Phi) is 6.50. The Morgan fingerprint density at radius 3 is 2.67 bits per heavy atom. The average molecular weight is 311 g/mol. The molecule has 1 aromatic rings. The SMILES string of the molecule is CCCNc1nc(SC(C)CO)nc(N2CCCCC2)n1. The van der Waals surface area contributed by atoms with Gasteiger partial charge in [0.25, 0.3) is 0 Å². The first-order chi connectivity index (χ1) is 10.2. The molecule has 2 heterocycles. The van der Waals surface area contributed by atoms with Crippen LogP contribution in [0.3, 0.4) is 0 Å². The lowest BCUT2D eigenvalue weighted by atomic mass is 10.1. The first-order valence-electron chi connectivity index (χ1n) is 7.75. The molecular formula is C14H25N5OS.